The first kappa shape index (κ1) is 18.2. The number of hydrogen-bond donors (Lipinski definition) is 1. The number of hydrogen-bond acceptors (Lipinski definition) is 4. The van der Waals surface area contributed by atoms with Crippen molar-refractivity contribution >= 4 is 11.5 Å². The van der Waals surface area contributed by atoms with Gasteiger partial charge in [0, 0.05) is 36.9 Å². The van der Waals surface area contributed by atoms with E-state index in [1.54, 1.807) is 25.1 Å². The van der Waals surface area contributed by atoms with E-state index in [1.165, 1.54) is 11.1 Å². The van der Waals surface area contributed by atoms with Crippen molar-refractivity contribution < 1.29 is 4.79 Å². The Balaban J connectivity index is 1.62. The van der Waals surface area contributed by atoms with Gasteiger partial charge in [-0.25, -0.2) is 0 Å². The molecule has 4 nitrogen and oxygen atoms in total. The van der Waals surface area contributed by atoms with Gasteiger partial charge in [-0.15, -0.1) is 0 Å². The maximum atomic E-state index is 11.9. The molecule has 0 spiro atoms. The molecule has 26 heavy (non-hydrogen) atoms. The number of carbonyl (C=O) groups is 1. The molecule has 0 unspecified atom stereocenters. The Hall–Kier alpha value is -2.64. The van der Waals surface area contributed by atoms with Gasteiger partial charge in [-0.1, -0.05) is 24.3 Å². The minimum Gasteiger partial charge on any atom is -0.382 e. The summed E-state index contributed by atoms with van der Waals surface area (Å²) >= 11 is 0. The Kier molecular flexibility index (Phi) is 5.70. The second-order valence-electron chi connectivity index (χ2n) is 7.05. The van der Waals surface area contributed by atoms with Gasteiger partial charge in [0.15, 0.2) is 5.78 Å². The van der Waals surface area contributed by atoms with Gasteiger partial charge in [0.1, 0.15) is 0 Å². The number of anilines is 1. The SMILES string of the molecule is CC(=O)c1ccc(C#N)cc1NC1CCN(Cc2ccccc2C)CC1. The van der Waals surface area contributed by atoms with Crippen LogP contribution in [0.5, 0.6) is 0 Å². The van der Waals surface area contributed by atoms with E-state index < -0.39 is 0 Å². The first-order chi connectivity index (χ1) is 12.6. The molecular formula is C22H25N3O. The number of aryl methyl sites for hydroxylation is 1. The topological polar surface area (TPSA) is 56.1 Å². The van der Waals surface area contributed by atoms with Crippen LogP contribution in [0.15, 0.2) is 42.5 Å². The maximum absolute atomic E-state index is 11.9. The van der Waals surface area contributed by atoms with Crippen LogP contribution in [0.3, 0.4) is 0 Å². The third kappa shape index (κ3) is 4.30. The van der Waals surface area contributed by atoms with Crippen molar-refractivity contribution in [3.63, 3.8) is 0 Å². The lowest BCUT2D eigenvalue weighted by Gasteiger charge is -2.33. The number of carbonyl (C=O) groups excluding carboxylic acids is 1. The highest BCUT2D eigenvalue weighted by Crippen LogP contribution is 2.23. The van der Waals surface area contributed by atoms with Crippen molar-refractivity contribution in [2.75, 3.05) is 18.4 Å². The average molecular weight is 347 g/mol. The summed E-state index contributed by atoms with van der Waals surface area (Å²) in [6.07, 6.45) is 2.06. The number of benzene rings is 2. The van der Waals surface area contributed by atoms with Crippen LogP contribution in [-0.4, -0.2) is 29.8 Å². The predicted molar refractivity (Wildman–Crippen MR) is 104 cm³/mol. The second kappa shape index (κ2) is 8.16. The number of nitrogens with zero attached hydrogens (tertiary/aromatic N) is 2. The van der Waals surface area contributed by atoms with Crippen LogP contribution in [0.4, 0.5) is 5.69 Å². The molecular weight excluding hydrogens is 322 g/mol. The fourth-order valence-electron chi connectivity index (χ4n) is 3.52. The lowest BCUT2D eigenvalue weighted by atomic mass is 10.0. The number of rotatable bonds is 5. The minimum absolute atomic E-state index is 0.0222. The zero-order valence-electron chi connectivity index (χ0n) is 15.5. The van der Waals surface area contributed by atoms with Crippen LogP contribution in [0, 0.1) is 18.3 Å². The Labute approximate surface area is 155 Å². The smallest absolute Gasteiger partial charge is 0.161 e. The number of ketones is 1. The molecule has 1 aliphatic heterocycles. The lowest BCUT2D eigenvalue weighted by Crippen LogP contribution is -2.39. The van der Waals surface area contributed by atoms with Crippen molar-refractivity contribution in [1.82, 2.24) is 4.90 Å². The number of nitriles is 1. The molecule has 1 aliphatic rings. The Morgan fingerprint density at radius 1 is 1.23 bits per heavy atom. The molecule has 134 valence electrons. The van der Waals surface area contributed by atoms with Crippen molar-refractivity contribution in [2.45, 2.75) is 39.3 Å². The summed E-state index contributed by atoms with van der Waals surface area (Å²) in [6, 6.07) is 16.3. The molecule has 0 bridgehead atoms. The fourth-order valence-corrected chi connectivity index (χ4v) is 3.52. The third-order valence-electron chi connectivity index (χ3n) is 5.13. The van der Waals surface area contributed by atoms with E-state index in [-0.39, 0.29) is 5.78 Å². The average Bonchev–Trinajstić information content (AvgIpc) is 2.65. The van der Waals surface area contributed by atoms with Gasteiger partial charge in [0.05, 0.1) is 11.6 Å². The Morgan fingerprint density at radius 2 is 1.96 bits per heavy atom. The van der Waals surface area contributed by atoms with E-state index in [9.17, 15) is 4.79 Å². The van der Waals surface area contributed by atoms with Crippen LogP contribution < -0.4 is 5.32 Å². The minimum atomic E-state index is 0.0222. The van der Waals surface area contributed by atoms with Crippen LogP contribution in [0.1, 0.15) is 46.8 Å². The molecule has 0 aromatic heterocycles. The van der Waals surface area contributed by atoms with Crippen molar-refractivity contribution in [1.29, 1.82) is 5.26 Å². The highest BCUT2D eigenvalue weighted by Gasteiger charge is 2.21. The third-order valence-corrected chi connectivity index (χ3v) is 5.13. The van der Waals surface area contributed by atoms with Crippen LogP contribution >= 0.6 is 0 Å². The lowest BCUT2D eigenvalue weighted by molar-refractivity contribution is 0.101. The number of Topliss-reactive ketones (excluding diaryl/α,β-unsaturated/α-hetero) is 1. The molecule has 0 saturated carbocycles. The van der Waals surface area contributed by atoms with Crippen molar-refractivity contribution in [2.24, 2.45) is 0 Å². The molecule has 1 fully saturated rings. The van der Waals surface area contributed by atoms with Crippen LogP contribution in [-0.2, 0) is 6.54 Å². The molecule has 0 atom stereocenters. The molecule has 2 aromatic carbocycles. The number of nitrogens with one attached hydrogen (secondary N) is 1. The quantitative estimate of drug-likeness (QED) is 0.826. The second-order valence-corrected chi connectivity index (χ2v) is 7.05. The molecule has 4 heteroatoms. The van der Waals surface area contributed by atoms with E-state index in [2.05, 4.69) is 47.5 Å². The van der Waals surface area contributed by atoms with E-state index in [4.69, 9.17) is 5.26 Å². The predicted octanol–water partition coefficient (Wildman–Crippen LogP) is 4.15. The Bertz CT molecular complexity index is 830. The van der Waals surface area contributed by atoms with Crippen molar-refractivity contribution in [3.8, 4) is 6.07 Å². The van der Waals surface area contributed by atoms with Gasteiger partial charge in [0.25, 0.3) is 0 Å². The number of piperidine rings is 1. The summed E-state index contributed by atoms with van der Waals surface area (Å²) in [5.41, 5.74) is 4.75. The Morgan fingerprint density at radius 3 is 2.62 bits per heavy atom. The number of likely N-dealkylation sites (tertiary alicyclic amines) is 1. The van der Waals surface area contributed by atoms with Gasteiger partial charge < -0.3 is 5.32 Å². The summed E-state index contributed by atoms with van der Waals surface area (Å²) in [5.74, 6) is 0.0222. The largest absolute Gasteiger partial charge is 0.382 e. The first-order valence-corrected chi connectivity index (χ1v) is 9.15. The molecule has 2 aromatic rings. The van der Waals surface area contributed by atoms with Gasteiger partial charge >= 0.3 is 0 Å². The monoisotopic (exact) mass is 347 g/mol. The zero-order valence-corrected chi connectivity index (χ0v) is 15.5. The summed E-state index contributed by atoms with van der Waals surface area (Å²) in [6.45, 7) is 6.77. The molecule has 0 radical (unpaired) electrons. The summed E-state index contributed by atoms with van der Waals surface area (Å²) in [5, 5.41) is 12.6. The summed E-state index contributed by atoms with van der Waals surface area (Å²) in [4.78, 5) is 14.3. The van der Waals surface area contributed by atoms with Gasteiger partial charge in [-0.3, -0.25) is 9.69 Å². The standard InChI is InChI=1S/C22H25N3O/c1-16-5-3-4-6-19(16)15-25-11-9-20(10-12-25)24-22-13-18(14-23)7-8-21(22)17(2)26/h3-8,13,20,24H,9-12,15H2,1-2H3. The molecule has 1 N–H and O–H groups in total. The van der Waals surface area contributed by atoms with E-state index in [0.717, 1.165) is 38.2 Å². The normalized spacial score (nSPS) is 15.4. The van der Waals surface area contributed by atoms with Crippen molar-refractivity contribution in [3.05, 3.63) is 64.7 Å². The summed E-state index contributed by atoms with van der Waals surface area (Å²) in [7, 11) is 0. The maximum Gasteiger partial charge on any atom is 0.161 e. The van der Waals surface area contributed by atoms with E-state index >= 15 is 0 Å². The van der Waals surface area contributed by atoms with Gasteiger partial charge in [0.2, 0.25) is 0 Å². The molecule has 1 saturated heterocycles. The van der Waals surface area contributed by atoms with Gasteiger partial charge in [-0.05, 0) is 56.0 Å². The summed E-state index contributed by atoms with van der Waals surface area (Å²) < 4.78 is 0. The molecule has 3 rings (SSSR count). The first-order valence-electron chi connectivity index (χ1n) is 9.15. The van der Waals surface area contributed by atoms with Crippen LogP contribution in [0.2, 0.25) is 0 Å². The fraction of sp³-hybridized carbons (Fsp3) is 0.364. The van der Waals surface area contributed by atoms with Gasteiger partial charge in [-0.2, -0.15) is 5.26 Å². The molecule has 0 aliphatic carbocycles. The van der Waals surface area contributed by atoms with Crippen LogP contribution in [0.25, 0.3) is 0 Å². The highest BCUT2D eigenvalue weighted by atomic mass is 16.1. The molecule has 0 amide bonds. The molecule has 1 heterocycles. The highest BCUT2D eigenvalue weighted by molar-refractivity contribution is 5.99. The van der Waals surface area contributed by atoms with E-state index in [0.29, 0.717) is 17.2 Å². The van der Waals surface area contributed by atoms with E-state index in [1.807, 2.05) is 0 Å². The zero-order chi connectivity index (χ0) is 18.5.